The molecule has 6 heteroatoms. The number of carbonyl (C=O) groups is 4. The van der Waals surface area contributed by atoms with Crippen LogP contribution < -0.4 is 9.47 Å². The average molecular weight is 354 g/mol. The summed E-state index contributed by atoms with van der Waals surface area (Å²) in [5.41, 5.74) is 0.600. The molecule has 0 aliphatic carbocycles. The summed E-state index contributed by atoms with van der Waals surface area (Å²) < 4.78 is 10.0. The van der Waals surface area contributed by atoms with Crippen molar-refractivity contribution in [1.29, 1.82) is 0 Å². The highest BCUT2D eigenvalue weighted by Gasteiger charge is 2.29. The van der Waals surface area contributed by atoms with Crippen LogP contribution in [0.5, 0.6) is 11.5 Å². The summed E-state index contributed by atoms with van der Waals surface area (Å²) in [5.74, 6) is -2.99. The highest BCUT2D eigenvalue weighted by molar-refractivity contribution is 6.15. The Bertz CT molecular complexity index is 854. The SMILES string of the molecule is CC(=O)Oc1ccc(C(=O)C(C(C)=O)c2ccccc2)c(OC(C)=O)c1. The molecule has 0 radical (unpaired) electrons. The van der Waals surface area contributed by atoms with Gasteiger partial charge in [-0.25, -0.2) is 0 Å². The zero-order valence-corrected chi connectivity index (χ0v) is 14.6. The van der Waals surface area contributed by atoms with Crippen molar-refractivity contribution in [2.24, 2.45) is 0 Å². The molecule has 0 bridgehead atoms. The van der Waals surface area contributed by atoms with Crippen LogP contribution in [0.2, 0.25) is 0 Å². The summed E-state index contributed by atoms with van der Waals surface area (Å²) >= 11 is 0. The lowest BCUT2D eigenvalue weighted by Crippen LogP contribution is -2.21. The van der Waals surface area contributed by atoms with Crippen LogP contribution in [0, 0.1) is 0 Å². The maximum absolute atomic E-state index is 13.0. The summed E-state index contributed by atoms with van der Waals surface area (Å²) in [5, 5.41) is 0. The lowest BCUT2D eigenvalue weighted by atomic mass is 9.87. The topological polar surface area (TPSA) is 86.7 Å². The zero-order chi connectivity index (χ0) is 19.3. The van der Waals surface area contributed by atoms with E-state index in [4.69, 9.17) is 9.47 Å². The van der Waals surface area contributed by atoms with E-state index in [0.717, 1.165) is 0 Å². The molecule has 6 nitrogen and oxygen atoms in total. The zero-order valence-electron chi connectivity index (χ0n) is 14.6. The Morgan fingerprint density at radius 1 is 0.808 bits per heavy atom. The second-order valence-corrected chi connectivity index (χ2v) is 5.66. The van der Waals surface area contributed by atoms with E-state index in [0.29, 0.717) is 5.56 Å². The first-order chi connectivity index (χ1) is 12.3. The highest BCUT2D eigenvalue weighted by Crippen LogP contribution is 2.31. The molecule has 0 heterocycles. The molecule has 0 aliphatic rings. The van der Waals surface area contributed by atoms with Crippen LogP contribution in [-0.2, 0) is 14.4 Å². The fraction of sp³-hybridized carbons (Fsp3) is 0.200. The van der Waals surface area contributed by atoms with Gasteiger partial charge in [-0.1, -0.05) is 30.3 Å². The molecule has 2 aromatic rings. The second-order valence-electron chi connectivity index (χ2n) is 5.66. The van der Waals surface area contributed by atoms with Crippen molar-refractivity contribution in [3.63, 3.8) is 0 Å². The van der Waals surface area contributed by atoms with Gasteiger partial charge in [-0.3, -0.25) is 19.2 Å². The molecule has 0 aromatic heterocycles. The van der Waals surface area contributed by atoms with E-state index < -0.39 is 23.6 Å². The van der Waals surface area contributed by atoms with E-state index >= 15 is 0 Å². The quantitative estimate of drug-likeness (QED) is 0.343. The Labute approximate surface area is 150 Å². The number of rotatable bonds is 6. The molecular formula is C20H18O6. The van der Waals surface area contributed by atoms with Gasteiger partial charge >= 0.3 is 11.9 Å². The van der Waals surface area contributed by atoms with Crippen molar-refractivity contribution in [3.05, 3.63) is 59.7 Å². The molecule has 26 heavy (non-hydrogen) atoms. The summed E-state index contributed by atoms with van der Waals surface area (Å²) in [6.45, 7) is 3.74. The second kappa shape index (κ2) is 8.20. The number of hydrogen-bond acceptors (Lipinski definition) is 6. The molecule has 134 valence electrons. The van der Waals surface area contributed by atoms with Crippen molar-refractivity contribution < 1.29 is 28.7 Å². The maximum Gasteiger partial charge on any atom is 0.308 e. The number of esters is 2. The molecule has 0 spiro atoms. The third-order valence-corrected chi connectivity index (χ3v) is 3.54. The molecule has 2 aromatic carbocycles. The van der Waals surface area contributed by atoms with Crippen molar-refractivity contribution in [3.8, 4) is 11.5 Å². The van der Waals surface area contributed by atoms with Gasteiger partial charge in [0.15, 0.2) is 5.78 Å². The predicted octanol–water partition coefficient (Wildman–Crippen LogP) is 3.09. The van der Waals surface area contributed by atoms with Crippen LogP contribution in [0.3, 0.4) is 0 Å². The Hall–Kier alpha value is -3.28. The van der Waals surface area contributed by atoms with Gasteiger partial charge in [0.1, 0.15) is 23.2 Å². The first kappa shape index (κ1) is 19.1. The van der Waals surface area contributed by atoms with Crippen LogP contribution in [0.4, 0.5) is 0 Å². The summed E-state index contributed by atoms with van der Waals surface area (Å²) in [4.78, 5) is 47.6. The Kier molecular flexibility index (Phi) is 6.01. The fourth-order valence-electron chi connectivity index (χ4n) is 2.55. The van der Waals surface area contributed by atoms with E-state index in [2.05, 4.69) is 0 Å². The molecule has 2 rings (SSSR count). The predicted molar refractivity (Wildman–Crippen MR) is 93.3 cm³/mol. The van der Waals surface area contributed by atoms with Gasteiger partial charge in [-0.2, -0.15) is 0 Å². The number of carbonyl (C=O) groups excluding carboxylic acids is 4. The van der Waals surface area contributed by atoms with Crippen LogP contribution in [0.1, 0.15) is 42.6 Å². The van der Waals surface area contributed by atoms with Crippen molar-refractivity contribution in [2.75, 3.05) is 0 Å². The van der Waals surface area contributed by atoms with E-state index in [1.165, 1.54) is 39.0 Å². The van der Waals surface area contributed by atoms with Gasteiger partial charge < -0.3 is 9.47 Å². The highest BCUT2D eigenvalue weighted by atomic mass is 16.5. The lowest BCUT2D eigenvalue weighted by molar-refractivity contribution is -0.132. The average Bonchev–Trinajstić information content (AvgIpc) is 2.54. The van der Waals surface area contributed by atoms with Crippen LogP contribution in [0.15, 0.2) is 48.5 Å². The number of Topliss-reactive ketones (excluding diaryl/α,β-unsaturated/α-hetero) is 2. The van der Waals surface area contributed by atoms with Crippen molar-refractivity contribution in [1.82, 2.24) is 0 Å². The first-order valence-corrected chi connectivity index (χ1v) is 7.90. The minimum Gasteiger partial charge on any atom is -0.427 e. The molecule has 0 saturated heterocycles. The lowest BCUT2D eigenvalue weighted by Gasteiger charge is -2.16. The minimum atomic E-state index is -1.02. The number of benzene rings is 2. The fourth-order valence-corrected chi connectivity index (χ4v) is 2.55. The van der Waals surface area contributed by atoms with Crippen LogP contribution in [-0.4, -0.2) is 23.5 Å². The summed E-state index contributed by atoms with van der Waals surface area (Å²) in [6.07, 6.45) is 0. The van der Waals surface area contributed by atoms with E-state index in [-0.39, 0.29) is 22.8 Å². The third kappa shape index (κ3) is 4.63. The molecule has 0 fully saturated rings. The van der Waals surface area contributed by atoms with Crippen molar-refractivity contribution in [2.45, 2.75) is 26.7 Å². The van der Waals surface area contributed by atoms with Gasteiger partial charge in [-0.05, 0) is 24.6 Å². The molecule has 1 unspecified atom stereocenters. The van der Waals surface area contributed by atoms with Crippen LogP contribution >= 0.6 is 0 Å². The molecular weight excluding hydrogens is 336 g/mol. The normalized spacial score (nSPS) is 11.3. The van der Waals surface area contributed by atoms with Gasteiger partial charge in [0.25, 0.3) is 0 Å². The number of hydrogen-bond donors (Lipinski definition) is 0. The molecule has 0 aliphatic heterocycles. The monoisotopic (exact) mass is 354 g/mol. The van der Waals surface area contributed by atoms with E-state index in [9.17, 15) is 19.2 Å². The molecule has 0 N–H and O–H groups in total. The van der Waals surface area contributed by atoms with Gasteiger partial charge in [0.2, 0.25) is 0 Å². The number of ether oxygens (including phenoxy) is 2. The first-order valence-electron chi connectivity index (χ1n) is 7.90. The summed E-state index contributed by atoms with van der Waals surface area (Å²) in [7, 11) is 0. The maximum atomic E-state index is 13.0. The molecule has 0 amide bonds. The summed E-state index contributed by atoms with van der Waals surface area (Å²) in [6, 6.07) is 12.7. The Balaban J connectivity index is 2.49. The van der Waals surface area contributed by atoms with Gasteiger partial charge in [-0.15, -0.1) is 0 Å². The number of ketones is 2. The standard InChI is InChI=1S/C20H18O6/c1-12(21)19(15-7-5-4-6-8-15)20(24)17-10-9-16(25-13(2)22)11-18(17)26-14(3)23/h4-11,19H,1-3H3. The largest absolute Gasteiger partial charge is 0.427 e. The Morgan fingerprint density at radius 2 is 1.42 bits per heavy atom. The van der Waals surface area contributed by atoms with Crippen molar-refractivity contribution >= 4 is 23.5 Å². The van der Waals surface area contributed by atoms with Gasteiger partial charge in [0, 0.05) is 19.9 Å². The molecule has 1 atom stereocenters. The Morgan fingerprint density at radius 3 is 1.96 bits per heavy atom. The van der Waals surface area contributed by atoms with E-state index in [1.54, 1.807) is 30.3 Å². The minimum absolute atomic E-state index is 0.0557. The third-order valence-electron chi connectivity index (χ3n) is 3.54. The smallest absolute Gasteiger partial charge is 0.308 e. The molecule has 0 saturated carbocycles. The van der Waals surface area contributed by atoms with Gasteiger partial charge in [0.05, 0.1) is 5.56 Å². The van der Waals surface area contributed by atoms with E-state index in [1.807, 2.05) is 0 Å². The van der Waals surface area contributed by atoms with Crippen LogP contribution in [0.25, 0.3) is 0 Å².